The van der Waals surface area contributed by atoms with E-state index in [9.17, 15) is 18.6 Å². The number of phenolic OH excluding ortho intramolecular Hbond substituents is 1. The Kier molecular flexibility index (Phi) is 4.67. The van der Waals surface area contributed by atoms with Gasteiger partial charge < -0.3 is 10.2 Å². The number of phenols is 1. The maximum atomic E-state index is 12.0. The summed E-state index contributed by atoms with van der Waals surface area (Å²) < 4.78 is 27.6. The van der Waals surface area contributed by atoms with E-state index in [0.717, 1.165) is 35.6 Å². The van der Waals surface area contributed by atoms with Crippen molar-refractivity contribution in [2.45, 2.75) is 32.3 Å². The number of aryl methyl sites for hydroxylation is 1. The first kappa shape index (κ1) is 17.0. The number of hydrogen-bond acceptors (Lipinski definition) is 4. The highest BCUT2D eigenvalue weighted by molar-refractivity contribution is 7.91. The van der Waals surface area contributed by atoms with Crippen molar-refractivity contribution in [1.82, 2.24) is 4.72 Å². The maximum absolute atomic E-state index is 12.0. The molecule has 1 atom stereocenters. The number of rotatable bonds is 5. The van der Waals surface area contributed by atoms with E-state index < -0.39 is 10.2 Å². The minimum atomic E-state index is -3.57. The first-order valence-electron chi connectivity index (χ1n) is 8.08. The number of nitrogens with one attached hydrogen (secondary N) is 1. The van der Waals surface area contributed by atoms with Crippen LogP contribution in [0.15, 0.2) is 30.3 Å². The van der Waals surface area contributed by atoms with Crippen LogP contribution in [0.4, 0.5) is 5.69 Å². The van der Waals surface area contributed by atoms with Crippen molar-refractivity contribution in [3.63, 3.8) is 0 Å². The number of nitrogens with zero attached hydrogens (tertiary/aromatic N) is 1. The molecule has 1 fully saturated rings. The van der Waals surface area contributed by atoms with Gasteiger partial charge in [0.2, 0.25) is 0 Å². The molecule has 0 bridgehead atoms. The Balaban J connectivity index is 1.93. The number of fused-ring (bicyclic) bond motifs is 1. The van der Waals surface area contributed by atoms with Crippen LogP contribution < -0.4 is 9.03 Å². The van der Waals surface area contributed by atoms with Crippen LogP contribution in [0.3, 0.4) is 0 Å². The average molecular weight is 350 g/mol. The maximum Gasteiger partial charge on any atom is 0.301 e. The Morgan fingerprint density at radius 1 is 1.25 bits per heavy atom. The lowest BCUT2D eigenvalue weighted by Crippen LogP contribution is -2.29. The fourth-order valence-electron chi connectivity index (χ4n) is 3.00. The van der Waals surface area contributed by atoms with Crippen molar-refractivity contribution in [3.05, 3.63) is 35.9 Å². The Hall–Kier alpha value is -1.83. The van der Waals surface area contributed by atoms with E-state index in [-0.39, 0.29) is 11.9 Å². The van der Waals surface area contributed by atoms with Gasteiger partial charge in [0.15, 0.2) is 0 Å². The summed E-state index contributed by atoms with van der Waals surface area (Å²) in [4.78, 5) is 0. The molecule has 24 heavy (non-hydrogen) atoms. The smallest absolute Gasteiger partial charge is 0.301 e. The molecule has 3 N–H and O–H groups in total. The molecular formula is C17H22N2O4S. The normalized spacial score (nSPS) is 18.2. The van der Waals surface area contributed by atoms with Gasteiger partial charge in [-0.2, -0.15) is 13.1 Å². The summed E-state index contributed by atoms with van der Waals surface area (Å²) in [5, 5.41) is 21.3. The molecule has 0 aliphatic carbocycles. The SMILES string of the molecule is C[C@H](O)CCCc1ccc2cc(O)c(N3CCNS3(=O)=O)cc2c1. The summed E-state index contributed by atoms with van der Waals surface area (Å²) in [7, 11) is -3.57. The topological polar surface area (TPSA) is 89.9 Å². The molecule has 1 saturated heterocycles. The highest BCUT2D eigenvalue weighted by Crippen LogP contribution is 2.35. The summed E-state index contributed by atoms with van der Waals surface area (Å²) in [6.45, 7) is 2.41. The molecule has 7 heteroatoms. The summed E-state index contributed by atoms with van der Waals surface area (Å²) in [5.41, 5.74) is 1.43. The van der Waals surface area contributed by atoms with Crippen molar-refractivity contribution >= 4 is 26.7 Å². The van der Waals surface area contributed by atoms with E-state index in [2.05, 4.69) is 4.72 Å². The van der Waals surface area contributed by atoms with Crippen LogP contribution in [0.2, 0.25) is 0 Å². The van der Waals surface area contributed by atoms with Gasteiger partial charge in [-0.05, 0) is 54.7 Å². The standard InChI is InChI=1S/C17H22N2O4S/c1-12(20)3-2-4-13-5-6-14-11-17(21)16(10-15(14)9-13)19-8-7-18-24(19,22)23/h5-6,9-12,18,20-21H,2-4,7-8H2,1H3/t12-/m0/s1. The van der Waals surface area contributed by atoms with Crippen molar-refractivity contribution < 1.29 is 18.6 Å². The molecule has 130 valence electrons. The fraction of sp³-hybridized carbons (Fsp3) is 0.412. The van der Waals surface area contributed by atoms with E-state index in [1.807, 2.05) is 18.2 Å². The van der Waals surface area contributed by atoms with Crippen molar-refractivity contribution in [1.29, 1.82) is 0 Å². The van der Waals surface area contributed by atoms with Crippen LogP contribution >= 0.6 is 0 Å². The van der Waals surface area contributed by atoms with Gasteiger partial charge in [-0.25, -0.2) is 0 Å². The van der Waals surface area contributed by atoms with Gasteiger partial charge in [-0.3, -0.25) is 4.31 Å². The second kappa shape index (κ2) is 6.58. The van der Waals surface area contributed by atoms with Crippen LogP contribution in [0.1, 0.15) is 25.3 Å². The van der Waals surface area contributed by atoms with Crippen LogP contribution in [-0.2, 0) is 16.6 Å². The zero-order chi connectivity index (χ0) is 17.3. The predicted octanol–water partition coefficient (Wildman–Crippen LogP) is 1.90. The summed E-state index contributed by atoms with van der Waals surface area (Å²) in [6, 6.07) is 9.24. The van der Waals surface area contributed by atoms with Crippen LogP contribution in [0.5, 0.6) is 5.75 Å². The monoisotopic (exact) mass is 350 g/mol. The molecule has 2 aromatic carbocycles. The molecule has 0 aromatic heterocycles. The first-order valence-corrected chi connectivity index (χ1v) is 9.52. The molecule has 6 nitrogen and oxygen atoms in total. The minimum absolute atomic E-state index is 0.0448. The Labute approximate surface area is 141 Å². The van der Waals surface area contributed by atoms with E-state index in [1.54, 1.807) is 19.1 Å². The quantitative estimate of drug-likeness (QED) is 0.768. The molecule has 1 aliphatic heterocycles. The molecule has 0 amide bonds. The number of hydrogen-bond donors (Lipinski definition) is 3. The van der Waals surface area contributed by atoms with Gasteiger partial charge in [-0.1, -0.05) is 18.2 Å². The predicted molar refractivity (Wildman–Crippen MR) is 94.5 cm³/mol. The van der Waals surface area contributed by atoms with E-state index in [1.165, 1.54) is 4.31 Å². The fourth-order valence-corrected chi connectivity index (χ4v) is 4.25. The van der Waals surface area contributed by atoms with E-state index in [4.69, 9.17) is 0 Å². The third kappa shape index (κ3) is 3.48. The summed E-state index contributed by atoms with van der Waals surface area (Å²) in [5.74, 6) is -0.0448. The van der Waals surface area contributed by atoms with Crippen LogP contribution in [0, 0.1) is 0 Å². The number of anilines is 1. The summed E-state index contributed by atoms with van der Waals surface area (Å²) in [6.07, 6.45) is 2.18. The molecule has 3 rings (SSSR count). The van der Waals surface area contributed by atoms with Crippen molar-refractivity contribution in [2.75, 3.05) is 17.4 Å². The number of aliphatic hydroxyl groups excluding tert-OH is 1. The highest BCUT2D eigenvalue weighted by Gasteiger charge is 2.30. The van der Waals surface area contributed by atoms with Gasteiger partial charge in [0, 0.05) is 13.1 Å². The van der Waals surface area contributed by atoms with Crippen molar-refractivity contribution in [2.24, 2.45) is 0 Å². The molecule has 2 aromatic rings. The second-order valence-electron chi connectivity index (χ2n) is 6.24. The van der Waals surface area contributed by atoms with Gasteiger partial charge in [0.05, 0.1) is 11.8 Å². The van der Waals surface area contributed by atoms with Crippen LogP contribution in [-0.4, -0.2) is 37.8 Å². The molecule has 1 aliphatic rings. The van der Waals surface area contributed by atoms with Gasteiger partial charge in [0.1, 0.15) is 5.75 Å². The second-order valence-corrected chi connectivity index (χ2v) is 7.91. The minimum Gasteiger partial charge on any atom is -0.506 e. The van der Waals surface area contributed by atoms with Gasteiger partial charge in [-0.15, -0.1) is 0 Å². The average Bonchev–Trinajstić information content (AvgIpc) is 2.85. The third-order valence-electron chi connectivity index (χ3n) is 4.24. The lowest BCUT2D eigenvalue weighted by Gasteiger charge is -2.18. The molecule has 0 spiro atoms. The van der Waals surface area contributed by atoms with Gasteiger partial charge in [0.25, 0.3) is 0 Å². The largest absolute Gasteiger partial charge is 0.506 e. The Bertz CT molecular complexity index is 849. The lowest BCUT2D eigenvalue weighted by atomic mass is 10.0. The molecule has 1 heterocycles. The number of benzene rings is 2. The molecule has 0 radical (unpaired) electrons. The molecule has 0 unspecified atom stereocenters. The van der Waals surface area contributed by atoms with Crippen LogP contribution in [0.25, 0.3) is 10.8 Å². The van der Waals surface area contributed by atoms with Gasteiger partial charge >= 0.3 is 10.2 Å². The van der Waals surface area contributed by atoms with E-state index in [0.29, 0.717) is 18.8 Å². The molecule has 0 saturated carbocycles. The number of aromatic hydroxyl groups is 1. The van der Waals surface area contributed by atoms with Crippen molar-refractivity contribution in [3.8, 4) is 5.75 Å². The summed E-state index contributed by atoms with van der Waals surface area (Å²) >= 11 is 0. The third-order valence-corrected chi connectivity index (χ3v) is 5.77. The Morgan fingerprint density at radius 3 is 2.71 bits per heavy atom. The lowest BCUT2D eigenvalue weighted by molar-refractivity contribution is 0.182. The zero-order valence-electron chi connectivity index (χ0n) is 13.6. The first-order chi connectivity index (χ1) is 11.4. The number of aliphatic hydroxyl groups is 1. The Morgan fingerprint density at radius 2 is 2.04 bits per heavy atom. The zero-order valence-corrected chi connectivity index (χ0v) is 14.4. The molecular weight excluding hydrogens is 328 g/mol. The van der Waals surface area contributed by atoms with E-state index >= 15 is 0 Å². The highest BCUT2D eigenvalue weighted by atomic mass is 32.2.